The third kappa shape index (κ3) is 2.40. The van der Waals surface area contributed by atoms with Crippen molar-refractivity contribution in [1.82, 2.24) is 9.97 Å². The molecule has 0 amide bonds. The Balaban J connectivity index is 2.21. The van der Waals surface area contributed by atoms with Crippen LogP contribution >= 0.6 is 0 Å². The molecule has 7 heteroatoms. The van der Waals surface area contributed by atoms with Gasteiger partial charge in [0.15, 0.2) is 5.82 Å². The van der Waals surface area contributed by atoms with Crippen LogP contribution in [0.2, 0.25) is 0 Å². The van der Waals surface area contributed by atoms with E-state index < -0.39 is 11.4 Å². The Labute approximate surface area is 110 Å². The van der Waals surface area contributed by atoms with Gasteiger partial charge in [-0.25, -0.2) is 4.98 Å². The number of carboxylic acids is 1. The van der Waals surface area contributed by atoms with Crippen molar-refractivity contribution in [3.05, 3.63) is 16.7 Å². The van der Waals surface area contributed by atoms with Crippen molar-refractivity contribution in [3.63, 3.8) is 0 Å². The van der Waals surface area contributed by atoms with Crippen LogP contribution in [-0.4, -0.2) is 41.2 Å². The molecule has 0 unspecified atom stereocenters. The number of ether oxygens (including phenoxy) is 1. The highest BCUT2D eigenvalue weighted by Crippen LogP contribution is 2.34. The molecule has 1 aromatic rings. The molecule has 0 radical (unpaired) electrons. The number of aromatic amines is 1. The topological polar surface area (TPSA) is 95.5 Å². The summed E-state index contributed by atoms with van der Waals surface area (Å²) in [5, 5.41) is 9.19. The summed E-state index contributed by atoms with van der Waals surface area (Å²) in [6, 6.07) is 0. The summed E-state index contributed by atoms with van der Waals surface area (Å²) in [5.41, 5.74) is -1.04. The molecule has 0 bridgehead atoms. The van der Waals surface area contributed by atoms with Crippen LogP contribution in [0, 0.1) is 5.41 Å². The van der Waals surface area contributed by atoms with Crippen LogP contribution in [0.1, 0.15) is 19.8 Å². The molecule has 104 valence electrons. The average Bonchev–Trinajstić information content (AvgIpc) is 2.39. The Bertz CT molecular complexity index is 532. The number of piperidine rings is 1. The molecule has 19 heavy (non-hydrogen) atoms. The van der Waals surface area contributed by atoms with E-state index in [0.29, 0.717) is 31.7 Å². The zero-order chi connectivity index (χ0) is 14.0. The van der Waals surface area contributed by atoms with Crippen LogP contribution in [0.4, 0.5) is 5.82 Å². The van der Waals surface area contributed by atoms with Gasteiger partial charge in [-0.1, -0.05) is 0 Å². The Kier molecular flexibility index (Phi) is 3.46. The van der Waals surface area contributed by atoms with Crippen LogP contribution in [0.15, 0.2) is 11.1 Å². The third-order valence-electron chi connectivity index (χ3n) is 3.68. The summed E-state index contributed by atoms with van der Waals surface area (Å²) in [4.78, 5) is 31.3. The minimum atomic E-state index is -0.780. The minimum absolute atomic E-state index is 0.168. The number of nitrogens with zero attached hydrogens (tertiary/aromatic N) is 2. The van der Waals surface area contributed by atoms with Gasteiger partial charge < -0.3 is 19.7 Å². The van der Waals surface area contributed by atoms with E-state index in [-0.39, 0.29) is 11.3 Å². The molecule has 7 nitrogen and oxygen atoms in total. The molecule has 1 aliphatic rings. The number of methoxy groups -OCH3 is 1. The van der Waals surface area contributed by atoms with Crippen molar-refractivity contribution >= 4 is 11.8 Å². The summed E-state index contributed by atoms with van der Waals surface area (Å²) in [6.45, 7) is 2.82. The SMILES string of the molecule is COc1c(N2CCC(C)(C(=O)O)CC2)nc[nH]c1=O. The number of hydrogen-bond acceptors (Lipinski definition) is 5. The van der Waals surface area contributed by atoms with E-state index in [0.717, 1.165) is 0 Å². The zero-order valence-electron chi connectivity index (χ0n) is 11.0. The van der Waals surface area contributed by atoms with Crippen molar-refractivity contribution in [2.45, 2.75) is 19.8 Å². The average molecular weight is 267 g/mol. The summed E-state index contributed by atoms with van der Waals surface area (Å²) >= 11 is 0. The van der Waals surface area contributed by atoms with Gasteiger partial charge in [-0.15, -0.1) is 0 Å². The van der Waals surface area contributed by atoms with Gasteiger partial charge in [-0.2, -0.15) is 0 Å². The van der Waals surface area contributed by atoms with Crippen molar-refractivity contribution in [1.29, 1.82) is 0 Å². The van der Waals surface area contributed by atoms with Crippen LogP contribution in [0.3, 0.4) is 0 Å². The van der Waals surface area contributed by atoms with E-state index >= 15 is 0 Å². The molecular weight excluding hydrogens is 250 g/mol. The number of hydrogen-bond donors (Lipinski definition) is 2. The van der Waals surface area contributed by atoms with Gasteiger partial charge in [0.05, 0.1) is 18.9 Å². The predicted molar refractivity (Wildman–Crippen MR) is 68.6 cm³/mol. The lowest BCUT2D eigenvalue weighted by Gasteiger charge is -2.37. The molecule has 1 aromatic heterocycles. The first-order chi connectivity index (χ1) is 8.98. The van der Waals surface area contributed by atoms with Crippen molar-refractivity contribution in [2.24, 2.45) is 5.41 Å². The fourth-order valence-electron chi connectivity index (χ4n) is 2.21. The molecule has 0 atom stereocenters. The van der Waals surface area contributed by atoms with Crippen molar-refractivity contribution < 1.29 is 14.6 Å². The highest BCUT2D eigenvalue weighted by Gasteiger charge is 2.37. The molecule has 2 heterocycles. The van der Waals surface area contributed by atoms with Gasteiger partial charge in [0.2, 0.25) is 5.75 Å². The lowest BCUT2D eigenvalue weighted by molar-refractivity contribution is -0.149. The fraction of sp³-hybridized carbons (Fsp3) is 0.583. The number of nitrogens with one attached hydrogen (secondary N) is 1. The quantitative estimate of drug-likeness (QED) is 0.826. The molecule has 2 rings (SSSR count). The number of rotatable bonds is 3. The van der Waals surface area contributed by atoms with Crippen molar-refractivity contribution in [2.75, 3.05) is 25.1 Å². The molecule has 0 saturated carbocycles. The number of aromatic nitrogens is 2. The van der Waals surface area contributed by atoms with Crippen LogP contribution < -0.4 is 15.2 Å². The van der Waals surface area contributed by atoms with Gasteiger partial charge in [0.25, 0.3) is 5.56 Å². The van der Waals surface area contributed by atoms with E-state index in [1.165, 1.54) is 13.4 Å². The van der Waals surface area contributed by atoms with Gasteiger partial charge in [-0.05, 0) is 19.8 Å². The van der Waals surface area contributed by atoms with Gasteiger partial charge in [-0.3, -0.25) is 9.59 Å². The smallest absolute Gasteiger partial charge is 0.309 e. The Hall–Kier alpha value is -2.05. The van der Waals surface area contributed by atoms with E-state index in [9.17, 15) is 14.7 Å². The summed E-state index contributed by atoms with van der Waals surface area (Å²) in [7, 11) is 1.42. The number of carboxylic acid groups (broad SMARTS) is 1. The monoisotopic (exact) mass is 267 g/mol. The largest absolute Gasteiger partial charge is 0.489 e. The van der Waals surface area contributed by atoms with Crippen molar-refractivity contribution in [3.8, 4) is 5.75 Å². The molecule has 1 saturated heterocycles. The number of H-pyrrole nitrogens is 1. The second-order valence-corrected chi connectivity index (χ2v) is 4.94. The maximum absolute atomic E-state index is 11.6. The second kappa shape index (κ2) is 4.91. The number of anilines is 1. The van der Waals surface area contributed by atoms with Gasteiger partial charge in [0, 0.05) is 13.1 Å². The highest BCUT2D eigenvalue weighted by molar-refractivity contribution is 5.74. The molecule has 0 aliphatic carbocycles. The maximum atomic E-state index is 11.6. The van der Waals surface area contributed by atoms with Crippen LogP contribution in [0.25, 0.3) is 0 Å². The Morgan fingerprint density at radius 1 is 1.53 bits per heavy atom. The first-order valence-electron chi connectivity index (χ1n) is 6.08. The van der Waals surface area contributed by atoms with Gasteiger partial charge >= 0.3 is 5.97 Å². The predicted octanol–water partition coefficient (Wildman–Crippen LogP) is 0.470. The lowest BCUT2D eigenvalue weighted by atomic mass is 9.80. The molecule has 1 aliphatic heterocycles. The van der Waals surface area contributed by atoms with E-state index in [1.807, 2.05) is 4.90 Å². The normalized spacial score (nSPS) is 18.1. The van der Waals surface area contributed by atoms with E-state index in [2.05, 4.69) is 9.97 Å². The molecular formula is C12H17N3O4. The molecule has 1 fully saturated rings. The molecule has 0 spiro atoms. The third-order valence-corrected chi connectivity index (χ3v) is 3.68. The standard InChI is InChI=1S/C12H17N3O4/c1-12(11(17)18)3-5-15(6-4-12)9-8(19-2)10(16)14-7-13-9/h7H,3-6H2,1-2H3,(H,17,18)(H,13,14,16). The number of aliphatic carboxylic acids is 1. The Morgan fingerprint density at radius 3 is 2.68 bits per heavy atom. The van der Waals surface area contributed by atoms with E-state index in [4.69, 9.17) is 4.74 Å². The molecule has 0 aromatic carbocycles. The fourth-order valence-corrected chi connectivity index (χ4v) is 2.21. The Morgan fingerprint density at radius 2 is 2.16 bits per heavy atom. The first kappa shape index (κ1) is 13.4. The summed E-state index contributed by atoms with van der Waals surface area (Å²) in [6.07, 6.45) is 2.35. The van der Waals surface area contributed by atoms with E-state index in [1.54, 1.807) is 6.92 Å². The minimum Gasteiger partial charge on any atom is -0.489 e. The van der Waals surface area contributed by atoms with Gasteiger partial charge in [0.1, 0.15) is 0 Å². The van der Waals surface area contributed by atoms with Crippen LogP contribution in [0.5, 0.6) is 5.75 Å². The van der Waals surface area contributed by atoms with Crippen LogP contribution in [-0.2, 0) is 4.79 Å². The highest BCUT2D eigenvalue weighted by atomic mass is 16.5. The zero-order valence-corrected chi connectivity index (χ0v) is 11.0. The maximum Gasteiger partial charge on any atom is 0.309 e. The molecule has 2 N–H and O–H groups in total. The summed E-state index contributed by atoms with van der Waals surface area (Å²) < 4.78 is 5.06. The lowest BCUT2D eigenvalue weighted by Crippen LogP contribution is -2.43. The number of carbonyl (C=O) groups is 1. The second-order valence-electron chi connectivity index (χ2n) is 4.94. The summed E-state index contributed by atoms with van der Waals surface area (Å²) in [5.74, 6) is -0.141. The first-order valence-corrected chi connectivity index (χ1v) is 6.08.